The number of likely N-dealkylation sites (tertiary alicyclic amines) is 1. The van der Waals surface area contributed by atoms with Crippen molar-refractivity contribution in [1.82, 2.24) is 14.9 Å². The third-order valence-corrected chi connectivity index (χ3v) is 5.10. The number of carbonyl (C=O) groups excluding carboxylic acids is 1. The predicted octanol–water partition coefficient (Wildman–Crippen LogP) is 4.21. The monoisotopic (exact) mass is 473 g/mol. The number of ether oxygens (including phenoxy) is 1. The Kier molecular flexibility index (Phi) is 11.1. The Morgan fingerprint density at radius 1 is 1.18 bits per heavy atom. The second kappa shape index (κ2) is 14.0. The summed E-state index contributed by atoms with van der Waals surface area (Å²) in [7, 11) is 1.62. The van der Waals surface area contributed by atoms with Crippen LogP contribution in [-0.2, 0) is 4.79 Å². The number of nitrogen functional groups attached to an aromatic ring is 1. The van der Waals surface area contributed by atoms with Crippen LogP contribution in [0.15, 0.2) is 60.9 Å². The molecule has 4 N–H and O–H groups in total. The van der Waals surface area contributed by atoms with Crippen LogP contribution in [-0.4, -0.2) is 47.5 Å². The molecule has 1 fully saturated rings. The first-order chi connectivity index (χ1) is 15.9. The number of hydrogen-bond acceptors (Lipinski definition) is 6. The molecule has 0 bridgehead atoms. The van der Waals surface area contributed by atoms with Crippen molar-refractivity contribution >= 4 is 34.2 Å². The molecule has 1 saturated heterocycles. The normalized spacial score (nSPS) is 13.5. The Labute approximate surface area is 198 Å². The first-order valence-corrected chi connectivity index (χ1v) is 10.9. The number of amides is 1. The van der Waals surface area contributed by atoms with E-state index in [1.165, 1.54) is 43.8 Å². The zero-order valence-corrected chi connectivity index (χ0v) is 19.3. The summed E-state index contributed by atoms with van der Waals surface area (Å²) in [5.41, 5.74) is 11.4. The molecule has 1 aliphatic heterocycles. The maximum Gasteiger partial charge on any atom is 0.241 e. The summed E-state index contributed by atoms with van der Waals surface area (Å²) in [6.07, 6.45) is 8.63. The van der Waals surface area contributed by atoms with E-state index in [-0.39, 0.29) is 16.7 Å². The lowest BCUT2D eigenvalue weighted by Gasteiger charge is -2.24. The van der Waals surface area contributed by atoms with Gasteiger partial charge < -0.3 is 16.2 Å². The maximum absolute atomic E-state index is 12.2. The van der Waals surface area contributed by atoms with Crippen LogP contribution in [0.2, 0.25) is 5.02 Å². The smallest absolute Gasteiger partial charge is 0.241 e. The Morgan fingerprint density at radius 2 is 1.91 bits per heavy atom. The summed E-state index contributed by atoms with van der Waals surface area (Å²) < 4.78 is 17.2. The summed E-state index contributed by atoms with van der Waals surface area (Å²) in [5.74, 6) is 0.541. The molecule has 4 rings (SSSR count). The standard InChI is InChI=1S/C9H9N3O.C9H16N2O.C6H4ClF/c1-13-6-2-3-7-8(4-6)11-5-12-9(7)10;10-9(12)5-4-8-11-6-2-1-3-7-11;7-5-3-1-2-4-6(5)8/h2-5H,1H3,(H2,10,11,12);4-5H,1-3,6-8H2,(H2,10,12);1-4H/b;5-4+;. The van der Waals surface area contributed by atoms with E-state index in [4.69, 9.17) is 27.8 Å². The third kappa shape index (κ3) is 9.43. The van der Waals surface area contributed by atoms with Gasteiger partial charge in [-0.25, -0.2) is 14.4 Å². The van der Waals surface area contributed by atoms with E-state index in [9.17, 15) is 9.18 Å². The van der Waals surface area contributed by atoms with Crippen LogP contribution >= 0.6 is 11.6 Å². The number of fused-ring (bicyclic) bond motifs is 1. The molecule has 0 atom stereocenters. The van der Waals surface area contributed by atoms with Gasteiger partial charge in [-0.3, -0.25) is 9.69 Å². The molecule has 0 unspecified atom stereocenters. The van der Waals surface area contributed by atoms with Gasteiger partial charge in [0.1, 0.15) is 23.7 Å². The Bertz CT molecular complexity index is 1040. The number of nitrogens with two attached hydrogens (primary N) is 2. The second-order valence-electron chi connectivity index (χ2n) is 7.22. The first-order valence-electron chi connectivity index (χ1n) is 10.5. The number of hydrogen-bond donors (Lipinski definition) is 2. The van der Waals surface area contributed by atoms with Crippen molar-refractivity contribution in [3.8, 4) is 5.75 Å². The van der Waals surface area contributed by atoms with Crippen molar-refractivity contribution in [1.29, 1.82) is 0 Å². The van der Waals surface area contributed by atoms with Gasteiger partial charge in [0.2, 0.25) is 5.91 Å². The Morgan fingerprint density at radius 3 is 2.52 bits per heavy atom. The molecule has 1 aliphatic rings. The molecule has 1 amide bonds. The van der Waals surface area contributed by atoms with Crippen molar-refractivity contribution < 1.29 is 13.9 Å². The third-order valence-electron chi connectivity index (χ3n) is 4.79. The van der Waals surface area contributed by atoms with Crippen molar-refractivity contribution in [2.75, 3.05) is 32.5 Å². The molecule has 0 aliphatic carbocycles. The van der Waals surface area contributed by atoms with Crippen LogP contribution in [0.1, 0.15) is 19.3 Å². The van der Waals surface area contributed by atoms with Crippen molar-refractivity contribution in [2.45, 2.75) is 19.3 Å². The number of nitrogens with zero attached hydrogens (tertiary/aromatic N) is 3. The second-order valence-corrected chi connectivity index (χ2v) is 7.63. The van der Waals surface area contributed by atoms with Crippen molar-refractivity contribution in [3.63, 3.8) is 0 Å². The highest BCUT2D eigenvalue weighted by Gasteiger charge is 2.07. The molecule has 2 aromatic carbocycles. The fourth-order valence-corrected chi connectivity index (χ4v) is 3.22. The van der Waals surface area contributed by atoms with E-state index in [1.54, 1.807) is 19.2 Å². The molecule has 9 heteroatoms. The number of carbonyl (C=O) groups is 1. The quantitative estimate of drug-likeness (QED) is 0.549. The molecule has 0 spiro atoms. The van der Waals surface area contributed by atoms with E-state index in [2.05, 4.69) is 14.9 Å². The number of aromatic nitrogens is 2. The highest BCUT2D eigenvalue weighted by Crippen LogP contribution is 2.21. The summed E-state index contributed by atoms with van der Waals surface area (Å²) in [6.45, 7) is 3.18. The van der Waals surface area contributed by atoms with E-state index in [0.29, 0.717) is 5.82 Å². The lowest BCUT2D eigenvalue weighted by atomic mass is 10.1. The summed E-state index contributed by atoms with van der Waals surface area (Å²) in [6, 6.07) is 11.6. The fourth-order valence-electron chi connectivity index (χ4n) is 3.08. The molecule has 1 aromatic heterocycles. The van der Waals surface area contributed by atoms with Crippen LogP contribution in [0, 0.1) is 5.82 Å². The number of primary amides is 1. The van der Waals surface area contributed by atoms with E-state index in [0.717, 1.165) is 36.3 Å². The minimum Gasteiger partial charge on any atom is -0.497 e. The number of rotatable bonds is 4. The van der Waals surface area contributed by atoms with Crippen molar-refractivity contribution in [3.05, 3.63) is 71.8 Å². The minimum atomic E-state index is -0.367. The molecular weight excluding hydrogens is 445 g/mol. The van der Waals surface area contributed by atoms with Gasteiger partial charge in [-0.1, -0.05) is 36.2 Å². The van der Waals surface area contributed by atoms with Gasteiger partial charge in [-0.2, -0.15) is 0 Å². The molecule has 0 radical (unpaired) electrons. The van der Waals surface area contributed by atoms with E-state index in [1.807, 2.05) is 24.3 Å². The highest BCUT2D eigenvalue weighted by molar-refractivity contribution is 6.30. The van der Waals surface area contributed by atoms with Crippen LogP contribution in [0.4, 0.5) is 10.2 Å². The molecule has 0 saturated carbocycles. The van der Waals surface area contributed by atoms with Gasteiger partial charge >= 0.3 is 0 Å². The van der Waals surface area contributed by atoms with Crippen LogP contribution in [0.3, 0.4) is 0 Å². The number of piperidine rings is 1. The Hall–Kier alpha value is -3.23. The molecule has 176 valence electrons. The number of halogens is 2. The van der Waals surface area contributed by atoms with E-state index < -0.39 is 0 Å². The van der Waals surface area contributed by atoms with Crippen LogP contribution in [0.25, 0.3) is 10.9 Å². The number of methoxy groups -OCH3 is 1. The minimum absolute atomic E-state index is 0.174. The average Bonchev–Trinajstić information content (AvgIpc) is 2.82. The molecule has 7 nitrogen and oxygen atoms in total. The van der Waals surface area contributed by atoms with Gasteiger partial charge in [0.15, 0.2) is 0 Å². The van der Waals surface area contributed by atoms with Crippen molar-refractivity contribution in [2.24, 2.45) is 5.73 Å². The molecule has 2 heterocycles. The molecular formula is C24H29ClFN5O2. The fraction of sp³-hybridized carbons (Fsp3) is 0.292. The van der Waals surface area contributed by atoms with Crippen LogP contribution in [0.5, 0.6) is 5.75 Å². The van der Waals surface area contributed by atoms with Gasteiger partial charge in [0, 0.05) is 18.0 Å². The zero-order chi connectivity index (χ0) is 24.1. The van der Waals surface area contributed by atoms with E-state index >= 15 is 0 Å². The van der Waals surface area contributed by atoms with Gasteiger partial charge in [-0.05, 0) is 56.3 Å². The molecule has 3 aromatic rings. The van der Waals surface area contributed by atoms with Gasteiger partial charge in [0.05, 0.1) is 17.6 Å². The van der Waals surface area contributed by atoms with Gasteiger partial charge in [0.25, 0.3) is 0 Å². The number of anilines is 1. The SMILES string of the molecule is COc1ccc2c(N)ncnc2c1.Fc1ccccc1Cl.NC(=O)/C=C/CN1CCCCC1. The lowest BCUT2D eigenvalue weighted by Crippen LogP contribution is -2.29. The summed E-state index contributed by atoms with van der Waals surface area (Å²) in [5, 5.41) is 1.02. The summed E-state index contributed by atoms with van der Waals surface area (Å²) in [4.78, 5) is 20.7. The average molecular weight is 474 g/mol. The maximum atomic E-state index is 12.2. The number of benzene rings is 2. The first kappa shape index (κ1) is 26.0. The largest absolute Gasteiger partial charge is 0.497 e. The zero-order valence-electron chi connectivity index (χ0n) is 18.6. The molecule has 33 heavy (non-hydrogen) atoms. The summed E-state index contributed by atoms with van der Waals surface area (Å²) >= 11 is 5.33. The Balaban J connectivity index is 0.000000180. The van der Waals surface area contributed by atoms with Gasteiger partial charge in [-0.15, -0.1) is 0 Å². The lowest BCUT2D eigenvalue weighted by molar-refractivity contribution is -0.113. The van der Waals surface area contributed by atoms with Crippen LogP contribution < -0.4 is 16.2 Å². The predicted molar refractivity (Wildman–Crippen MR) is 131 cm³/mol. The highest BCUT2D eigenvalue weighted by atomic mass is 35.5. The topological polar surface area (TPSA) is 107 Å².